The Morgan fingerprint density at radius 2 is 1.70 bits per heavy atom. The number of anilines is 1. The van der Waals surface area contributed by atoms with Crippen molar-refractivity contribution in [1.82, 2.24) is 15.6 Å². The topological polar surface area (TPSA) is 83.1 Å². The molecule has 0 bridgehead atoms. The van der Waals surface area contributed by atoms with Gasteiger partial charge in [0.15, 0.2) is 5.13 Å². The normalized spacial score (nSPS) is 10.5. The van der Waals surface area contributed by atoms with Gasteiger partial charge in [0, 0.05) is 30.5 Å². The van der Waals surface area contributed by atoms with Crippen LogP contribution >= 0.6 is 11.3 Å². The number of nitrogens with one attached hydrogen (secondary N) is 3. The molecule has 0 aliphatic rings. The monoisotopic (exact) mass is 422 g/mol. The van der Waals surface area contributed by atoms with Gasteiger partial charge in [-0.25, -0.2) is 9.78 Å². The molecule has 0 aliphatic heterocycles. The van der Waals surface area contributed by atoms with Crippen LogP contribution in [0.25, 0.3) is 11.3 Å². The molecule has 6 nitrogen and oxygen atoms in total. The second-order valence-corrected chi connectivity index (χ2v) is 8.06. The van der Waals surface area contributed by atoms with Crippen LogP contribution in [0, 0.1) is 20.8 Å². The quantitative estimate of drug-likeness (QED) is 0.522. The van der Waals surface area contributed by atoms with E-state index in [1.54, 1.807) is 0 Å². The van der Waals surface area contributed by atoms with Crippen LogP contribution in [-0.4, -0.2) is 23.5 Å². The van der Waals surface area contributed by atoms with Crippen LogP contribution in [-0.2, 0) is 11.3 Å². The highest BCUT2D eigenvalue weighted by molar-refractivity contribution is 7.14. The van der Waals surface area contributed by atoms with Gasteiger partial charge in [0.25, 0.3) is 0 Å². The van der Waals surface area contributed by atoms with Crippen molar-refractivity contribution in [3.05, 3.63) is 70.1 Å². The fourth-order valence-corrected chi connectivity index (χ4v) is 4.06. The summed E-state index contributed by atoms with van der Waals surface area (Å²) in [5.74, 6) is -0.184. The molecular weight excluding hydrogens is 396 g/mol. The minimum atomic E-state index is -0.298. The van der Waals surface area contributed by atoms with Crippen molar-refractivity contribution in [1.29, 1.82) is 0 Å². The lowest BCUT2D eigenvalue weighted by Gasteiger charge is -2.09. The molecule has 2 aromatic carbocycles. The first-order chi connectivity index (χ1) is 14.4. The Morgan fingerprint density at radius 1 is 1.00 bits per heavy atom. The first-order valence-electron chi connectivity index (χ1n) is 9.81. The van der Waals surface area contributed by atoms with E-state index < -0.39 is 0 Å². The Morgan fingerprint density at radius 3 is 2.40 bits per heavy atom. The number of rotatable bonds is 7. The lowest BCUT2D eigenvalue weighted by Crippen LogP contribution is -2.36. The molecule has 0 saturated heterocycles. The molecule has 7 heteroatoms. The number of carbonyl (C=O) groups is 2. The largest absolute Gasteiger partial charge is 0.338 e. The van der Waals surface area contributed by atoms with Crippen LogP contribution in [0.5, 0.6) is 0 Å². The summed E-state index contributed by atoms with van der Waals surface area (Å²) in [5, 5.41) is 10.8. The third-order valence-electron chi connectivity index (χ3n) is 4.62. The zero-order chi connectivity index (χ0) is 21.5. The molecule has 0 spiro atoms. The molecule has 3 aromatic rings. The number of carbonyl (C=O) groups excluding carboxylic acids is 2. The first kappa shape index (κ1) is 21.5. The molecule has 0 unspecified atom stereocenters. The van der Waals surface area contributed by atoms with E-state index in [4.69, 9.17) is 0 Å². The zero-order valence-electron chi connectivity index (χ0n) is 17.4. The number of nitrogens with zero attached hydrogens (tertiary/aromatic N) is 1. The summed E-state index contributed by atoms with van der Waals surface area (Å²) >= 11 is 1.40. The van der Waals surface area contributed by atoms with Crippen molar-refractivity contribution in [3.8, 4) is 11.3 Å². The number of thiazole rings is 1. The third kappa shape index (κ3) is 5.90. The van der Waals surface area contributed by atoms with E-state index in [1.807, 2.05) is 35.7 Å². The summed E-state index contributed by atoms with van der Waals surface area (Å²) in [7, 11) is 0. The van der Waals surface area contributed by atoms with Crippen molar-refractivity contribution in [2.24, 2.45) is 0 Å². The van der Waals surface area contributed by atoms with Gasteiger partial charge in [-0.05, 0) is 37.5 Å². The van der Waals surface area contributed by atoms with Crippen LogP contribution in [0.4, 0.5) is 9.93 Å². The van der Waals surface area contributed by atoms with Crippen molar-refractivity contribution in [2.45, 2.75) is 33.7 Å². The number of amides is 3. The van der Waals surface area contributed by atoms with Crippen LogP contribution in [0.1, 0.15) is 28.7 Å². The van der Waals surface area contributed by atoms with Crippen molar-refractivity contribution in [3.63, 3.8) is 0 Å². The van der Waals surface area contributed by atoms with Crippen LogP contribution in [0.3, 0.4) is 0 Å². The maximum absolute atomic E-state index is 12.2. The number of hydrogen-bond acceptors (Lipinski definition) is 4. The number of aryl methyl sites for hydroxylation is 3. The summed E-state index contributed by atoms with van der Waals surface area (Å²) in [4.78, 5) is 28.6. The molecule has 30 heavy (non-hydrogen) atoms. The Kier molecular flexibility index (Phi) is 7.19. The zero-order valence-corrected chi connectivity index (χ0v) is 18.2. The molecule has 1 heterocycles. The number of urea groups is 1. The highest BCUT2D eigenvalue weighted by atomic mass is 32.1. The van der Waals surface area contributed by atoms with E-state index in [1.165, 1.54) is 28.0 Å². The molecule has 3 amide bonds. The highest BCUT2D eigenvalue weighted by Crippen LogP contribution is 2.31. The molecule has 1 aromatic heterocycles. The van der Waals surface area contributed by atoms with Gasteiger partial charge in [-0.1, -0.05) is 48.0 Å². The predicted octanol–water partition coefficient (Wildman–Crippen LogP) is 4.56. The van der Waals surface area contributed by atoms with E-state index in [9.17, 15) is 9.59 Å². The molecule has 0 saturated carbocycles. The minimum Gasteiger partial charge on any atom is -0.338 e. The standard InChI is InChI=1S/C23H26N4O2S/c1-15-11-16(2)21(17(3)12-15)19-14-30-23(26-19)27-20(28)9-10-24-22(29)25-13-18-7-5-4-6-8-18/h4-8,11-12,14H,9-10,13H2,1-3H3,(H2,24,25,29)(H,26,27,28). The van der Waals surface area contributed by atoms with Crippen LogP contribution < -0.4 is 16.0 Å². The molecule has 3 N–H and O–H groups in total. The fraction of sp³-hybridized carbons (Fsp3) is 0.261. The van der Waals surface area contributed by atoms with Crippen molar-refractivity contribution < 1.29 is 9.59 Å². The van der Waals surface area contributed by atoms with Gasteiger partial charge in [0.1, 0.15) is 0 Å². The van der Waals surface area contributed by atoms with E-state index in [-0.39, 0.29) is 24.9 Å². The second-order valence-electron chi connectivity index (χ2n) is 7.20. The lowest BCUT2D eigenvalue weighted by atomic mass is 9.98. The molecule has 3 rings (SSSR count). The molecule has 156 valence electrons. The van der Waals surface area contributed by atoms with E-state index in [0.29, 0.717) is 11.7 Å². The summed E-state index contributed by atoms with van der Waals surface area (Å²) in [6, 6.07) is 13.6. The van der Waals surface area contributed by atoms with Crippen molar-refractivity contribution in [2.75, 3.05) is 11.9 Å². The minimum absolute atomic E-state index is 0.177. The maximum Gasteiger partial charge on any atom is 0.315 e. The molecular formula is C23H26N4O2S. The molecule has 0 atom stereocenters. The third-order valence-corrected chi connectivity index (χ3v) is 5.37. The first-order valence-corrected chi connectivity index (χ1v) is 10.7. The lowest BCUT2D eigenvalue weighted by molar-refractivity contribution is -0.116. The maximum atomic E-state index is 12.2. The van der Waals surface area contributed by atoms with Crippen LogP contribution in [0.15, 0.2) is 47.8 Å². The van der Waals surface area contributed by atoms with E-state index in [2.05, 4.69) is 53.8 Å². The van der Waals surface area contributed by atoms with Gasteiger partial charge in [0.05, 0.1) is 5.69 Å². The van der Waals surface area contributed by atoms with Gasteiger partial charge in [-0.3, -0.25) is 4.79 Å². The number of hydrogen-bond donors (Lipinski definition) is 3. The summed E-state index contributed by atoms with van der Waals surface area (Å²) in [6.45, 7) is 6.91. The Balaban J connectivity index is 1.45. The van der Waals surface area contributed by atoms with Crippen LogP contribution in [0.2, 0.25) is 0 Å². The van der Waals surface area contributed by atoms with Gasteiger partial charge < -0.3 is 16.0 Å². The number of aromatic nitrogens is 1. The van der Waals surface area contributed by atoms with Gasteiger partial charge in [0.2, 0.25) is 5.91 Å². The fourth-order valence-electron chi connectivity index (χ4n) is 3.34. The van der Waals surface area contributed by atoms with Crippen molar-refractivity contribution >= 4 is 28.4 Å². The Hall–Kier alpha value is -3.19. The Labute approximate surface area is 180 Å². The van der Waals surface area contributed by atoms with Gasteiger partial charge in [-0.2, -0.15) is 0 Å². The van der Waals surface area contributed by atoms with E-state index >= 15 is 0 Å². The van der Waals surface area contributed by atoms with Gasteiger partial charge >= 0.3 is 6.03 Å². The smallest absolute Gasteiger partial charge is 0.315 e. The molecule has 0 aliphatic carbocycles. The Bertz CT molecular complexity index is 1010. The summed E-state index contributed by atoms with van der Waals surface area (Å²) in [5.41, 5.74) is 6.54. The molecule has 0 fully saturated rings. The SMILES string of the molecule is Cc1cc(C)c(-c2csc(NC(=O)CCNC(=O)NCc3ccccc3)n2)c(C)c1. The summed E-state index contributed by atoms with van der Waals surface area (Å²) < 4.78 is 0. The molecule has 0 radical (unpaired) electrons. The number of benzene rings is 2. The highest BCUT2D eigenvalue weighted by Gasteiger charge is 2.12. The summed E-state index contributed by atoms with van der Waals surface area (Å²) in [6.07, 6.45) is 0.177. The second kappa shape index (κ2) is 10.0. The van der Waals surface area contributed by atoms with E-state index in [0.717, 1.165) is 16.8 Å². The average Bonchev–Trinajstić information content (AvgIpc) is 3.14. The van der Waals surface area contributed by atoms with Gasteiger partial charge in [-0.15, -0.1) is 11.3 Å². The average molecular weight is 423 g/mol. The predicted molar refractivity (Wildman–Crippen MR) is 122 cm³/mol.